The van der Waals surface area contributed by atoms with Gasteiger partial charge in [0.05, 0.1) is 12.8 Å². The van der Waals surface area contributed by atoms with Crippen LogP contribution in [-0.4, -0.2) is 14.9 Å². The topological polar surface area (TPSA) is 38.0 Å². The first-order chi connectivity index (χ1) is 6.86. The first-order valence-corrected chi connectivity index (χ1v) is 5.52. The Balaban J connectivity index is 2.16. The average molecular weight is 194 g/mol. The minimum atomic E-state index is 0.137. The second-order valence-corrected chi connectivity index (χ2v) is 4.06. The van der Waals surface area contributed by atoms with Crippen molar-refractivity contribution >= 4 is 0 Å². The van der Waals surface area contributed by atoms with E-state index in [2.05, 4.69) is 16.7 Å². The maximum absolute atomic E-state index is 9.18. The summed E-state index contributed by atoms with van der Waals surface area (Å²) in [6.07, 6.45) is 6.73. The number of hydrogen-bond donors (Lipinski definition) is 1. The van der Waals surface area contributed by atoms with E-state index in [0.717, 1.165) is 12.1 Å². The molecule has 0 aromatic carbocycles. The van der Waals surface area contributed by atoms with Gasteiger partial charge in [-0.1, -0.05) is 13.3 Å². The minimum absolute atomic E-state index is 0.137. The van der Waals surface area contributed by atoms with Crippen LogP contribution in [0.5, 0.6) is 0 Å². The third-order valence-corrected chi connectivity index (χ3v) is 2.82. The monoisotopic (exact) mass is 194 g/mol. The SMILES string of the molecule is CCCCn1ncc(CO)c1C1CC1. The Morgan fingerprint density at radius 1 is 1.57 bits per heavy atom. The Kier molecular flexibility index (Phi) is 2.87. The van der Waals surface area contributed by atoms with E-state index < -0.39 is 0 Å². The number of aromatic nitrogens is 2. The van der Waals surface area contributed by atoms with E-state index in [4.69, 9.17) is 0 Å². The summed E-state index contributed by atoms with van der Waals surface area (Å²) in [6, 6.07) is 0. The molecule has 0 spiro atoms. The van der Waals surface area contributed by atoms with Gasteiger partial charge in [-0.05, 0) is 19.3 Å². The van der Waals surface area contributed by atoms with Crippen LogP contribution in [0.15, 0.2) is 6.20 Å². The molecule has 1 aromatic heterocycles. The third-order valence-electron chi connectivity index (χ3n) is 2.82. The summed E-state index contributed by atoms with van der Waals surface area (Å²) in [5.74, 6) is 0.677. The summed E-state index contributed by atoms with van der Waals surface area (Å²) in [7, 11) is 0. The largest absolute Gasteiger partial charge is 0.392 e. The molecule has 1 heterocycles. The maximum Gasteiger partial charge on any atom is 0.0715 e. The van der Waals surface area contributed by atoms with Crippen LogP contribution >= 0.6 is 0 Å². The molecule has 0 bridgehead atoms. The lowest BCUT2D eigenvalue weighted by atomic mass is 10.2. The standard InChI is InChI=1S/C11H18N2O/c1-2-3-6-13-11(9-4-5-9)10(8-14)7-12-13/h7,9,14H,2-6,8H2,1H3. The van der Waals surface area contributed by atoms with Crippen molar-refractivity contribution in [1.29, 1.82) is 0 Å². The summed E-state index contributed by atoms with van der Waals surface area (Å²) >= 11 is 0. The number of aliphatic hydroxyl groups is 1. The normalized spacial score (nSPS) is 16.1. The smallest absolute Gasteiger partial charge is 0.0715 e. The van der Waals surface area contributed by atoms with E-state index in [-0.39, 0.29) is 6.61 Å². The Labute approximate surface area is 84.7 Å². The maximum atomic E-state index is 9.18. The van der Waals surface area contributed by atoms with Gasteiger partial charge in [0.1, 0.15) is 0 Å². The number of unbranched alkanes of at least 4 members (excludes halogenated alkanes) is 1. The molecule has 1 aliphatic carbocycles. The van der Waals surface area contributed by atoms with Crippen molar-refractivity contribution in [3.8, 4) is 0 Å². The fourth-order valence-corrected chi connectivity index (χ4v) is 1.87. The van der Waals surface area contributed by atoms with Gasteiger partial charge in [-0.3, -0.25) is 4.68 Å². The molecule has 1 N–H and O–H groups in total. The molecule has 1 saturated carbocycles. The molecule has 1 aromatic rings. The van der Waals surface area contributed by atoms with Gasteiger partial charge in [-0.15, -0.1) is 0 Å². The Morgan fingerprint density at radius 2 is 2.36 bits per heavy atom. The highest BCUT2D eigenvalue weighted by Crippen LogP contribution is 2.41. The second-order valence-electron chi connectivity index (χ2n) is 4.06. The summed E-state index contributed by atoms with van der Waals surface area (Å²) in [5, 5.41) is 13.5. The van der Waals surface area contributed by atoms with Crippen molar-refractivity contribution in [3.05, 3.63) is 17.5 Å². The van der Waals surface area contributed by atoms with E-state index in [0.29, 0.717) is 5.92 Å². The van der Waals surface area contributed by atoms with Gasteiger partial charge in [0.15, 0.2) is 0 Å². The highest BCUT2D eigenvalue weighted by Gasteiger charge is 2.29. The van der Waals surface area contributed by atoms with Crippen LogP contribution in [0.1, 0.15) is 49.8 Å². The highest BCUT2D eigenvalue weighted by molar-refractivity contribution is 5.24. The Bertz CT molecular complexity index is 302. The first kappa shape index (κ1) is 9.71. The van der Waals surface area contributed by atoms with Crippen molar-refractivity contribution in [2.75, 3.05) is 0 Å². The predicted molar refractivity (Wildman–Crippen MR) is 55.0 cm³/mol. The number of nitrogens with zero attached hydrogens (tertiary/aromatic N) is 2. The number of aliphatic hydroxyl groups excluding tert-OH is 1. The molecule has 1 aliphatic rings. The molecule has 0 amide bonds. The number of aryl methyl sites for hydroxylation is 1. The highest BCUT2D eigenvalue weighted by atomic mass is 16.3. The summed E-state index contributed by atoms with van der Waals surface area (Å²) in [4.78, 5) is 0. The molecule has 0 atom stereocenters. The minimum Gasteiger partial charge on any atom is -0.392 e. The zero-order chi connectivity index (χ0) is 9.97. The van der Waals surface area contributed by atoms with E-state index >= 15 is 0 Å². The van der Waals surface area contributed by atoms with Gasteiger partial charge < -0.3 is 5.11 Å². The van der Waals surface area contributed by atoms with Crippen LogP contribution in [0.25, 0.3) is 0 Å². The van der Waals surface area contributed by atoms with Crippen molar-refractivity contribution < 1.29 is 5.11 Å². The lowest BCUT2D eigenvalue weighted by molar-refractivity contribution is 0.280. The molecular weight excluding hydrogens is 176 g/mol. The Morgan fingerprint density at radius 3 is 2.93 bits per heavy atom. The molecule has 0 radical (unpaired) electrons. The summed E-state index contributed by atoms with van der Waals surface area (Å²) in [6.45, 7) is 3.33. The van der Waals surface area contributed by atoms with Gasteiger partial charge in [-0.2, -0.15) is 5.10 Å². The fraction of sp³-hybridized carbons (Fsp3) is 0.727. The molecule has 0 unspecified atom stereocenters. The van der Waals surface area contributed by atoms with Crippen LogP contribution in [0, 0.1) is 0 Å². The quantitative estimate of drug-likeness (QED) is 0.779. The lowest BCUT2D eigenvalue weighted by Crippen LogP contribution is -2.05. The average Bonchev–Trinajstić information content (AvgIpc) is 2.96. The van der Waals surface area contributed by atoms with E-state index in [1.54, 1.807) is 0 Å². The first-order valence-electron chi connectivity index (χ1n) is 5.52. The molecule has 78 valence electrons. The zero-order valence-corrected chi connectivity index (χ0v) is 8.74. The van der Waals surface area contributed by atoms with E-state index in [1.165, 1.54) is 31.4 Å². The van der Waals surface area contributed by atoms with Gasteiger partial charge in [0, 0.05) is 23.7 Å². The van der Waals surface area contributed by atoms with Gasteiger partial charge in [-0.25, -0.2) is 0 Å². The predicted octanol–water partition coefficient (Wildman–Crippen LogP) is 2.05. The Hall–Kier alpha value is -0.830. The van der Waals surface area contributed by atoms with E-state index in [1.807, 2.05) is 6.20 Å². The van der Waals surface area contributed by atoms with Gasteiger partial charge >= 0.3 is 0 Å². The second kappa shape index (κ2) is 4.13. The molecule has 0 aliphatic heterocycles. The van der Waals surface area contributed by atoms with Crippen molar-refractivity contribution in [2.24, 2.45) is 0 Å². The molecule has 0 saturated heterocycles. The fourth-order valence-electron chi connectivity index (χ4n) is 1.87. The summed E-state index contributed by atoms with van der Waals surface area (Å²) in [5.41, 5.74) is 2.32. The van der Waals surface area contributed by atoms with Crippen molar-refractivity contribution in [3.63, 3.8) is 0 Å². The van der Waals surface area contributed by atoms with Gasteiger partial charge in [0.25, 0.3) is 0 Å². The van der Waals surface area contributed by atoms with Crippen molar-refractivity contribution in [2.45, 2.75) is 51.7 Å². The van der Waals surface area contributed by atoms with Crippen LogP contribution in [0.2, 0.25) is 0 Å². The molecule has 2 rings (SSSR count). The van der Waals surface area contributed by atoms with Crippen molar-refractivity contribution in [1.82, 2.24) is 9.78 Å². The third kappa shape index (κ3) is 1.82. The zero-order valence-electron chi connectivity index (χ0n) is 8.74. The number of hydrogen-bond acceptors (Lipinski definition) is 2. The molecular formula is C11H18N2O. The molecule has 14 heavy (non-hydrogen) atoms. The van der Waals surface area contributed by atoms with Crippen LogP contribution in [-0.2, 0) is 13.2 Å². The number of rotatable bonds is 5. The van der Waals surface area contributed by atoms with Crippen LogP contribution in [0.4, 0.5) is 0 Å². The van der Waals surface area contributed by atoms with Gasteiger partial charge in [0.2, 0.25) is 0 Å². The van der Waals surface area contributed by atoms with Crippen LogP contribution < -0.4 is 0 Å². The van der Waals surface area contributed by atoms with E-state index in [9.17, 15) is 5.11 Å². The van der Waals surface area contributed by atoms with Crippen LogP contribution in [0.3, 0.4) is 0 Å². The summed E-state index contributed by atoms with van der Waals surface area (Å²) < 4.78 is 2.09. The molecule has 3 heteroatoms. The molecule has 3 nitrogen and oxygen atoms in total. The molecule has 1 fully saturated rings. The lowest BCUT2D eigenvalue weighted by Gasteiger charge is -2.06.